The molecule has 0 aromatic carbocycles. The summed E-state index contributed by atoms with van der Waals surface area (Å²) in [5.74, 6) is 0.893. The topological polar surface area (TPSA) is 24.1 Å². The van der Waals surface area contributed by atoms with Gasteiger partial charge in [-0.2, -0.15) is 0 Å². The Bertz CT molecular complexity index is 88.9. The summed E-state index contributed by atoms with van der Waals surface area (Å²) in [7, 11) is 1.86. The molecule has 0 radical (unpaired) electrons. The van der Waals surface area contributed by atoms with Crippen molar-refractivity contribution in [3.05, 3.63) is 12.4 Å². The Kier molecular flexibility index (Phi) is 3.93. The molecule has 0 aliphatic carbocycles. The van der Waals surface area contributed by atoms with Gasteiger partial charge in [-0.15, -0.1) is 0 Å². The van der Waals surface area contributed by atoms with Crippen LogP contribution in [0.25, 0.3) is 0 Å². The van der Waals surface area contributed by atoms with Crippen LogP contribution in [0, 0.1) is 0 Å². The molecule has 1 unspecified atom stereocenters. The largest absolute Gasteiger partial charge is 0.375 e. The highest BCUT2D eigenvalue weighted by molar-refractivity contribution is 4.87. The third kappa shape index (κ3) is 3.88. The van der Waals surface area contributed by atoms with Crippen LogP contribution in [-0.4, -0.2) is 13.1 Å². The van der Waals surface area contributed by atoms with Crippen molar-refractivity contribution in [2.24, 2.45) is 0 Å². The molecule has 0 saturated heterocycles. The van der Waals surface area contributed by atoms with Gasteiger partial charge in [0.2, 0.25) is 0 Å². The average molecular weight is 128 g/mol. The molecule has 0 fully saturated rings. The molecule has 0 saturated carbocycles. The molecule has 0 aliphatic heterocycles. The molecule has 0 rings (SSSR count). The number of hydrogen-bond donors (Lipinski definition) is 2. The smallest absolute Gasteiger partial charge is 0.0911 e. The quantitative estimate of drug-likeness (QED) is 0.591. The van der Waals surface area contributed by atoms with E-state index in [2.05, 4.69) is 31.1 Å². The fourth-order valence-electron chi connectivity index (χ4n) is 0.472. The second kappa shape index (κ2) is 4.24. The van der Waals surface area contributed by atoms with Crippen LogP contribution < -0.4 is 10.6 Å². The molecule has 0 bridgehead atoms. The lowest BCUT2D eigenvalue weighted by atomic mass is 10.3. The van der Waals surface area contributed by atoms with Crippen molar-refractivity contribution >= 4 is 0 Å². The molecule has 0 amide bonds. The first-order chi connectivity index (χ1) is 4.20. The van der Waals surface area contributed by atoms with Crippen LogP contribution in [0.4, 0.5) is 0 Å². The van der Waals surface area contributed by atoms with E-state index in [-0.39, 0.29) is 0 Å². The summed E-state index contributed by atoms with van der Waals surface area (Å²) in [5, 5.41) is 6.10. The maximum absolute atomic E-state index is 3.74. The molecule has 0 aromatic heterocycles. The number of hydrogen-bond acceptors (Lipinski definition) is 2. The van der Waals surface area contributed by atoms with Crippen LogP contribution >= 0.6 is 0 Å². The van der Waals surface area contributed by atoms with Crippen molar-refractivity contribution in [2.75, 3.05) is 7.05 Å². The molecule has 0 spiro atoms. The summed E-state index contributed by atoms with van der Waals surface area (Å²) in [6, 6.07) is 0.518. The van der Waals surface area contributed by atoms with E-state index in [0.29, 0.717) is 6.04 Å². The first kappa shape index (κ1) is 8.34. The molecule has 0 heterocycles. The van der Waals surface area contributed by atoms with Gasteiger partial charge in [0, 0.05) is 13.1 Å². The molecular weight excluding hydrogens is 112 g/mol. The van der Waals surface area contributed by atoms with Crippen LogP contribution in [-0.2, 0) is 0 Å². The summed E-state index contributed by atoms with van der Waals surface area (Å²) in [6.45, 7) is 8.01. The maximum atomic E-state index is 3.74. The van der Waals surface area contributed by atoms with Crippen LogP contribution in [0.15, 0.2) is 12.4 Å². The van der Waals surface area contributed by atoms with Gasteiger partial charge < -0.3 is 10.6 Å². The second-order valence-corrected chi connectivity index (χ2v) is 2.18. The van der Waals surface area contributed by atoms with Gasteiger partial charge in [-0.3, -0.25) is 0 Å². The van der Waals surface area contributed by atoms with Gasteiger partial charge in [-0.1, -0.05) is 13.5 Å². The number of nitrogens with one attached hydrogen (secondary N) is 2. The van der Waals surface area contributed by atoms with E-state index >= 15 is 0 Å². The van der Waals surface area contributed by atoms with Gasteiger partial charge in [0.1, 0.15) is 0 Å². The Labute approximate surface area is 57.3 Å². The summed E-state index contributed by atoms with van der Waals surface area (Å²) < 4.78 is 0. The summed E-state index contributed by atoms with van der Waals surface area (Å²) in [6.07, 6.45) is 1.13. The SMILES string of the molecule is C=C(NC)NC(C)CC. The van der Waals surface area contributed by atoms with Crippen molar-refractivity contribution in [3.63, 3.8) is 0 Å². The summed E-state index contributed by atoms with van der Waals surface area (Å²) >= 11 is 0. The fourth-order valence-corrected chi connectivity index (χ4v) is 0.472. The zero-order chi connectivity index (χ0) is 7.28. The van der Waals surface area contributed by atoms with Crippen molar-refractivity contribution in [1.82, 2.24) is 10.6 Å². The van der Waals surface area contributed by atoms with Gasteiger partial charge in [0.25, 0.3) is 0 Å². The standard InChI is InChI=1S/C7H16N2/c1-5-6(2)9-7(3)8-4/h6,8-9H,3,5H2,1-2,4H3. The van der Waals surface area contributed by atoms with E-state index in [0.717, 1.165) is 12.2 Å². The summed E-state index contributed by atoms with van der Waals surface area (Å²) in [5.41, 5.74) is 0. The number of rotatable bonds is 4. The van der Waals surface area contributed by atoms with E-state index in [1.807, 2.05) is 7.05 Å². The average Bonchev–Trinajstić information content (AvgIpc) is 1.87. The normalized spacial score (nSPS) is 12.3. The van der Waals surface area contributed by atoms with Crippen molar-refractivity contribution in [3.8, 4) is 0 Å². The van der Waals surface area contributed by atoms with E-state index in [9.17, 15) is 0 Å². The van der Waals surface area contributed by atoms with Gasteiger partial charge >= 0.3 is 0 Å². The van der Waals surface area contributed by atoms with Gasteiger partial charge in [-0.25, -0.2) is 0 Å². The highest BCUT2D eigenvalue weighted by atomic mass is 15.1. The van der Waals surface area contributed by atoms with E-state index in [4.69, 9.17) is 0 Å². The van der Waals surface area contributed by atoms with Crippen molar-refractivity contribution in [2.45, 2.75) is 26.3 Å². The molecule has 0 aromatic rings. The molecule has 9 heavy (non-hydrogen) atoms. The van der Waals surface area contributed by atoms with Gasteiger partial charge in [0.15, 0.2) is 0 Å². The lowest BCUT2D eigenvalue weighted by molar-refractivity contribution is 0.574. The first-order valence-electron chi connectivity index (χ1n) is 3.33. The molecule has 2 N–H and O–H groups in total. The Balaban J connectivity index is 3.34. The Morgan fingerprint density at radius 1 is 1.67 bits per heavy atom. The van der Waals surface area contributed by atoms with Crippen molar-refractivity contribution < 1.29 is 0 Å². The van der Waals surface area contributed by atoms with Crippen molar-refractivity contribution in [1.29, 1.82) is 0 Å². The highest BCUT2D eigenvalue weighted by Crippen LogP contribution is 1.88. The third-order valence-electron chi connectivity index (χ3n) is 1.33. The Morgan fingerprint density at radius 3 is 2.56 bits per heavy atom. The summed E-state index contributed by atoms with van der Waals surface area (Å²) in [4.78, 5) is 0. The Hall–Kier alpha value is -0.660. The molecule has 2 heteroatoms. The second-order valence-electron chi connectivity index (χ2n) is 2.18. The van der Waals surface area contributed by atoms with E-state index in [1.165, 1.54) is 0 Å². The zero-order valence-electron chi connectivity index (χ0n) is 6.49. The molecule has 1 atom stereocenters. The van der Waals surface area contributed by atoms with Gasteiger partial charge in [-0.05, 0) is 13.3 Å². The monoisotopic (exact) mass is 128 g/mol. The zero-order valence-corrected chi connectivity index (χ0v) is 6.49. The minimum Gasteiger partial charge on any atom is -0.375 e. The first-order valence-corrected chi connectivity index (χ1v) is 3.33. The predicted octanol–water partition coefficient (Wildman–Crippen LogP) is 1.07. The Morgan fingerprint density at radius 2 is 2.22 bits per heavy atom. The van der Waals surface area contributed by atoms with Crippen LogP contribution in [0.3, 0.4) is 0 Å². The molecule has 54 valence electrons. The highest BCUT2D eigenvalue weighted by Gasteiger charge is 1.95. The van der Waals surface area contributed by atoms with E-state index < -0.39 is 0 Å². The van der Waals surface area contributed by atoms with Crippen LogP contribution in [0.5, 0.6) is 0 Å². The van der Waals surface area contributed by atoms with E-state index in [1.54, 1.807) is 0 Å². The minimum atomic E-state index is 0.518. The van der Waals surface area contributed by atoms with Crippen LogP contribution in [0.2, 0.25) is 0 Å². The maximum Gasteiger partial charge on any atom is 0.0911 e. The molecule has 2 nitrogen and oxygen atoms in total. The van der Waals surface area contributed by atoms with Gasteiger partial charge in [0.05, 0.1) is 5.82 Å². The van der Waals surface area contributed by atoms with Crippen LogP contribution in [0.1, 0.15) is 20.3 Å². The third-order valence-corrected chi connectivity index (χ3v) is 1.33. The lowest BCUT2D eigenvalue weighted by Crippen LogP contribution is -2.29. The lowest BCUT2D eigenvalue weighted by Gasteiger charge is -2.13. The minimum absolute atomic E-state index is 0.518. The fraction of sp³-hybridized carbons (Fsp3) is 0.714. The molecule has 0 aliphatic rings. The predicted molar refractivity (Wildman–Crippen MR) is 41.1 cm³/mol. The molecular formula is C7H16N2.